The van der Waals surface area contributed by atoms with Gasteiger partial charge in [-0.15, -0.1) is 0 Å². The maximum absolute atomic E-state index is 12.4. The molecule has 3 nitrogen and oxygen atoms in total. The maximum Gasteiger partial charge on any atom is 0.387 e. The quantitative estimate of drug-likeness (QED) is 0.656. The van der Waals surface area contributed by atoms with Gasteiger partial charge >= 0.3 is 6.61 Å². The molecule has 0 bridgehead atoms. The Morgan fingerprint density at radius 3 is 2.50 bits per heavy atom. The molecule has 0 saturated carbocycles. The van der Waals surface area contributed by atoms with Crippen LogP contribution in [0.25, 0.3) is 0 Å². The number of benzene rings is 2. The highest BCUT2D eigenvalue weighted by atomic mass is 35.5. The van der Waals surface area contributed by atoms with E-state index in [0.717, 1.165) is 5.56 Å². The van der Waals surface area contributed by atoms with E-state index in [0.29, 0.717) is 10.6 Å². The fourth-order valence-electron chi connectivity index (χ4n) is 1.97. The molecule has 0 aliphatic carbocycles. The topological polar surface area (TPSA) is 47.3 Å². The van der Waals surface area contributed by atoms with Crippen molar-refractivity contribution in [2.45, 2.75) is 12.7 Å². The summed E-state index contributed by atoms with van der Waals surface area (Å²) in [6.07, 6.45) is 0. The molecule has 0 aliphatic heterocycles. The van der Waals surface area contributed by atoms with Crippen molar-refractivity contribution in [3.8, 4) is 5.75 Å². The Hall–Kier alpha value is -1.69. The number of halogens is 3. The van der Waals surface area contributed by atoms with Gasteiger partial charge < -0.3 is 4.74 Å². The Balaban J connectivity index is 2.41. The molecule has 2 rings (SSSR count). The van der Waals surface area contributed by atoms with E-state index in [1.165, 1.54) is 6.07 Å². The van der Waals surface area contributed by atoms with Crippen LogP contribution in [0.4, 0.5) is 8.78 Å². The van der Waals surface area contributed by atoms with E-state index < -0.39 is 12.7 Å². The van der Waals surface area contributed by atoms with Crippen LogP contribution in [0.15, 0.2) is 48.5 Å². The van der Waals surface area contributed by atoms with E-state index in [-0.39, 0.29) is 5.75 Å². The normalized spacial score (nSPS) is 12.4. The average molecular weight is 299 g/mol. The Labute approximate surface area is 120 Å². The summed E-state index contributed by atoms with van der Waals surface area (Å²) in [4.78, 5) is 0. The molecule has 0 aromatic heterocycles. The lowest BCUT2D eigenvalue weighted by molar-refractivity contribution is -0.0506. The van der Waals surface area contributed by atoms with Crippen molar-refractivity contribution in [3.05, 3.63) is 64.7 Å². The van der Waals surface area contributed by atoms with Crippen molar-refractivity contribution in [2.75, 3.05) is 0 Å². The van der Waals surface area contributed by atoms with E-state index in [9.17, 15) is 8.78 Å². The van der Waals surface area contributed by atoms with Crippen molar-refractivity contribution in [2.24, 2.45) is 5.84 Å². The zero-order valence-electron chi connectivity index (χ0n) is 10.4. The summed E-state index contributed by atoms with van der Waals surface area (Å²) in [7, 11) is 0. The van der Waals surface area contributed by atoms with E-state index in [2.05, 4.69) is 10.2 Å². The van der Waals surface area contributed by atoms with Gasteiger partial charge in [-0.3, -0.25) is 5.84 Å². The monoisotopic (exact) mass is 298 g/mol. The first kappa shape index (κ1) is 14.7. The van der Waals surface area contributed by atoms with E-state index in [1.807, 2.05) is 0 Å². The SMILES string of the molecule is NNC(c1cccc(Cl)c1)c1ccccc1OC(F)F. The first-order chi connectivity index (χ1) is 9.61. The Bertz CT molecular complexity index is 581. The van der Waals surface area contributed by atoms with E-state index in [1.54, 1.807) is 42.5 Å². The van der Waals surface area contributed by atoms with Crippen LogP contribution in [0.1, 0.15) is 17.2 Å². The third-order valence-electron chi connectivity index (χ3n) is 2.79. The summed E-state index contributed by atoms with van der Waals surface area (Å²) in [5.41, 5.74) is 3.86. The molecule has 20 heavy (non-hydrogen) atoms. The largest absolute Gasteiger partial charge is 0.434 e. The summed E-state index contributed by atoms with van der Waals surface area (Å²) in [6, 6.07) is 13.0. The van der Waals surface area contributed by atoms with Crippen LogP contribution >= 0.6 is 11.6 Å². The molecule has 0 aliphatic rings. The van der Waals surface area contributed by atoms with Crippen molar-refractivity contribution in [1.29, 1.82) is 0 Å². The molecular formula is C14H13ClF2N2O. The highest BCUT2D eigenvalue weighted by Gasteiger charge is 2.18. The summed E-state index contributed by atoms with van der Waals surface area (Å²) in [6.45, 7) is -2.89. The second-order valence-electron chi connectivity index (χ2n) is 4.07. The van der Waals surface area contributed by atoms with Gasteiger partial charge in [-0.25, -0.2) is 5.43 Å². The first-order valence-corrected chi connectivity index (χ1v) is 6.25. The zero-order chi connectivity index (χ0) is 14.5. The molecule has 0 fully saturated rings. The molecule has 6 heteroatoms. The van der Waals surface area contributed by atoms with Crippen LogP contribution in [-0.4, -0.2) is 6.61 Å². The minimum absolute atomic E-state index is 0.0745. The molecule has 0 radical (unpaired) electrons. The van der Waals surface area contributed by atoms with Crippen LogP contribution < -0.4 is 16.0 Å². The van der Waals surface area contributed by atoms with Crippen LogP contribution in [0.5, 0.6) is 5.75 Å². The number of ether oxygens (including phenoxy) is 1. The van der Waals surface area contributed by atoms with Crippen LogP contribution in [0.2, 0.25) is 5.02 Å². The van der Waals surface area contributed by atoms with Gasteiger partial charge in [-0.1, -0.05) is 41.9 Å². The Morgan fingerprint density at radius 2 is 1.85 bits per heavy atom. The van der Waals surface area contributed by atoms with Gasteiger partial charge in [0.2, 0.25) is 0 Å². The molecule has 2 aromatic rings. The summed E-state index contributed by atoms with van der Waals surface area (Å²) in [5, 5.41) is 0.537. The third-order valence-corrected chi connectivity index (χ3v) is 3.03. The van der Waals surface area contributed by atoms with Gasteiger partial charge in [0.15, 0.2) is 0 Å². The van der Waals surface area contributed by atoms with E-state index in [4.69, 9.17) is 17.4 Å². The standard InChI is InChI=1S/C14H13ClF2N2O/c15-10-5-3-4-9(8-10)13(19-18)11-6-1-2-7-12(11)20-14(16)17/h1-8,13-14,19H,18H2. The van der Waals surface area contributed by atoms with Crippen molar-refractivity contribution < 1.29 is 13.5 Å². The van der Waals surface area contributed by atoms with Gasteiger partial charge in [0.05, 0.1) is 6.04 Å². The number of nitrogens with two attached hydrogens (primary N) is 1. The van der Waals surface area contributed by atoms with E-state index >= 15 is 0 Å². The minimum atomic E-state index is -2.89. The van der Waals surface area contributed by atoms with Crippen molar-refractivity contribution in [1.82, 2.24) is 5.43 Å². The van der Waals surface area contributed by atoms with Crippen molar-refractivity contribution >= 4 is 11.6 Å². The molecule has 106 valence electrons. The number of hydrogen-bond acceptors (Lipinski definition) is 3. The maximum atomic E-state index is 12.4. The molecule has 2 aromatic carbocycles. The number of nitrogens with one attached hydrogen (secondary N) is 1. The smallest absolute Gasteiger partial charge is 0.387 e. The molecule has 0 saturated heterocycles. The Kier molecular flexibility index (Phi) is 4.89. The molecule has 1 unspecified atom stereocenters. The number of para-hydroxylation sites is 1. The summed E-state index contributed by atoms with van der Waals surface area (Å²) >= 11 is 5.94. The van der Waals surface area contributed by atoms with Gasteiger partial charge in [-0.05, 0) is 23.8 Å². The highest BCUT2D eigenvalue weighted by molar-refractivity contribution is 6.30. The van der Waals surface area contributed by atoms with Gasteiger partial charge in [0, 0.05) is 10.6 Å². The van der Waals surface area contributed by atoms with Crippen LogP contribution in [-0.2, 0) is 0 Å². The molecule has 0 spiro atoms. The lowest BCUT2D eigenvalue weighted by Crippen LogP contribution is -2.29. The fraction of sp³-hybridized carbons (Fsp3) is 0.143. The van der Waals surface area contributed by atoms with Crippen molar-refractivity contribution in [3.63, 3.8) is 0 Å². The first-order valence-electron chi connectivity index (χ1n) is 5.87. The van der Waals surface area contributed by atoms with Crippen LogP contribution in [0.3, 0.4) is 0 Å². The average Bonchev–Trinajstić information content (AvgIpc) is 2.41. The number of hydrazine groups is 1. The highest BCUT2D eigenvalue weighted by Crippen LogP contribution is 2.31. The minimum Gasteiger partial charge on any atom is -0.434 e. The predicted octanol–water partition coefficient (Wildman–Crippen LogP) is 3.49. The van der Waals surface area contributed by atoms with Crippen LogP contribution in [0, 0.1) is 0 Å². The molecular weight excluding hydrogens is 286 g/mol. The summed E-state index contributed by atoms with van der Waals surface area (Å²) < 4.78 is 29.4. The third kappa shape index (κ3) is 3.45. The summed E-state index contributed by atoms with van der Waals surface area (Å²) in [5.74, 6) is 5.62. The number of alkyl halides is 2. The molecule has 0 heterocycles. The van der Waals surface area contributed by atoms with Gasteiger partial charge in [0.1, 0.15) is 5.75 Å². The second-order valence-corrected chi connectivity index (χ2v) is 4.51. The number of rotatable bonds is 5. The molecule has 1 atom stereocenters. The lowest BCUT2D eigenvalue weighted by atomic mass is 9.98. The fourth-order valence-corrected chi connectivity index (χ4v) is 2.17. The lowest BCUT2D eigenvalue weighted by Gasteiger charge is -2.20. The predicted molar refractivity (Wildman–Crippen MR) is 73.7 cm³/mol. The second kappa shape index (κ2) is 6.65. The van der Waals surface area contributed by atoms with Gasteiger partial charge in [-0.2, -0.15) is 8.78 Å². The number of hydrogen-bond donors (Lipinski definition) is 2. The molecule has 3 N–H and O–H groups in total. The Morgan fingerprint density at radius 1 is 1.10 bits per heavy atom. The molecule has 0 amide bonds. The zero-order valence-corrected chi connectivity index (χ0v) is 11.1. The van der Waals surface area contributed by atoms with Gasteiger partial charge in [0.25, 0.3) is 0 Å².